The maximum atomic E-state index is 6.95. The number of hydrogen-bond acceptors (Lipinski definition) is 5. The number of benzene rings is 6. The van der Waals surface area contributed by atoms with Gasteiger partial charge in [-0.05, 0) is 59.9 Å². The summed E-state index contributed by atoms with van der Waals surface area (Å²) in [5, 5.41) is 0. The van der Waals surface area contributed by atoms with Gasteiger partial charge in [-0.2, -0.15) is 0 Å². The maximum Gasteiger partial charge on any atom is 0.167 e. The van der Waals surface area contributed by atoms with Gasteiger partial charge in [-0.1, -0.05) is 140 Å². The van der Waals surface area contributed by atoms with E-state index in [2.05, 4.69) is 133 Å². The molecule has 3 heterocycles. The highest BCUT2D eigenvalue weighted by Crippen LogP contribution is 2.63. The molecule has 8 aromatic rings. The standard InChI is InChI=1S/C47H32N4O/c1-29-23-28-34(30(2)48-29)31-24-26-33(27-25-31)45-49-44(32-13-4-3-5-14-32)50-46(51-45)37-17-12-21-41-43(37)52-42-22-11-10-20-40(42)47(41)38-18-8-6-15-35(38)36-16-7-9-19-39(36)47/h3-28H,1-2H3. The third-order valence-corrected chi connectivity index (χ3v) is 10.5. The monoisotopic (exact) mass is 668 g/mol. The van der Waals surface area contributed by atoms with Gasteiger partial charge in [0.05, 0.1) is 11.0 Å². The molecule has 246 valence electrons. The number of hydrogen-bond donors (Lipinski definition) is 0. The smallest absolute Gasteiger partial charge is 0.167 e. The minimum atomic E-state index is -0.579. The molecule has 0 saturated carbocycles. The van der Waals surface area contributed by atoms with Crippen LogP contribution in [0.3, 0.4) is 0 Å². The zero-order valence-corrected chi connectivity index (χ0v) is 28.7. The SMILES string of the molecule is Cc1ccc(-c2ccc(-c3nc(-c4ccccc4)nc(-c4cccc5c4Oc4ccccc4C54c5ccccc5-c5ccccc54)n3)cc2)c(C)n1. The van der Waals surface area contributed by atoms with Crippen LogP contribution in [0.25, 0.3) is 56.4 Å². The van der Waals surface area contributed by atoms with Crippen LogP contribution in [0.1, 0.15) is 33.6 Å². The molecule has 0 bridgehead atoms. The maximum absolute atomic E-state index is 6.95. The number of pyridine rings is 1. The van der Waals surface area contributed by atoms with Crippen LogP contribution < -0.4 is 4.74 Å². The highest BCUT2D eigenvalue weighted by Gasteiger charge is 2.51. The quantitative estimate of drug-likeness (QED) is 0.187. The molecule has 0 atom stereocenters. The van der Waals surface area contributed by atoms with Gasteiger partial charge in [0.15, 0.2) is 17.5 Å². The van der Waals surface area contributed by atoms with Gasteiger partial charge in [-0.3, -0.25) is 4.98 Å². The van der Waals surface area contributed by atoms with E-state index in [0.29, 0.717) is 17.5 Å². The van der Waals surface area contributed by atoms with Crippen molar-refractivity contribution in [1.29, 1.82) is 0 Å². The number of rotatable bonds is 4. The number of aromatic nitrogens is 4. The fourth-order valence-corrected chi connectivity index (χ4v) is 8.19. The summed E-state index contributed by atoms with van der Waals surface area (Å²) in [5.41, 5.74) is 13.4. The van der Waals surface area contributed by atoms with Gasteiger partial charge in [0.2, 0.25) is 0 Å². The lowest BCUT2D eigenvalue weighted by atomic mass is 9.66. The summed E-state index contributed by atoms with van der Waals surface area (Å²) in [6, 6.07) is 55.0. The molecule has 0 unspecified atom stereocenters. The highest BCUT2D eigenvalue weighted by atomic mass is 16.5. The van der Waals surface area contributed by atoms with Crippen LogP contribution in [-0.2, 0) is 5.41 Å². The molecule has 0 radical (unpaired) electrons. The fourth-order valence-electron chi connectivity index (χ4n) is 8.19. The van der Waals surface area contributed by atoms with Crippen LogP contribution in [-0.4, -0.2) is 19.9 Å². The van der Waals surface area contributed by atoms with Gasteiger partial charge in [-0.15, -0.1) is 0 Å². The fraction of sp³-hybridized carbons (Fsp3) is 0.0638. The van der Waals surface area contributed by atoms with E-state index in [1.54, 1.807) is 0 Å². The van der Waals surface area contributed by atoms with Crippen LogP contribution in [0.15, 0.2) is 158 Å². The Balaban J connectivity index is 1.19. The first-order valence-electron chi connectivity index (χ1n) is 17.6. The Hall–Kier alpha value is -6.72. The summed E-state index contributed by atoms with van der Waals surface area (Å²) in [6.45, 7) is 4.07. The van der Waals surface area contributed by atoms with Crippen LogP contribution in [0.5, 0.6) is 11.5 Å². The third kappa shape index (κ3) is 4.49. The molecule has 1 spiro atoms. The molecule has 52 heavy (non-hydrogen) atoms. The van der Waals surface area contributed by atoms with Gasteiger partial charge in [0, 0.05) is 39.2 Å². The first-order valence-corrected chi connectivity index (χ1v) is 17.6. The Kier molecular flexibility index (Phi) is 6.77. The molecular formula is C47H32N4O. The minimum Gasteiger partial charge on any atom is -0.456 e. The van der Waals surface area contributed by atoms with Crippen molar-refractivity contribution in [2.24, 2.45) is 0 Å². The second-order valence-corrected chi connectivity index (χ2v) is 13.5. The zero-order chi connectivity index (χ0) is 34.8. The predicted octanol–water partition coefficient (Wildman–Crippen LogP) is 11.0. The third-order valence-electron chi connectivity index (χ3n) is 10.5. The second-order valence-electron chi connectivity index (χ2n) is 13.5. The Morgan fingerprint density at radius 2 is 0.923 bits per heavy atom. The van der Waals surface area contributed by atoms with Crippen molar-refractivity contribution in [2.75, 3.05) is 0 Å². The van der Waals surface area contributed by atoms with Crippen molar-refractivity contribution in [3.8, 4) is 67.9 Å². The normalized spacial score (nSPS) is 13.1. The van der Waals surface area contributed by atoms with E-state index in [1.807, 2.05) is 43.3 Å². The molecule has 0 saturated heterocycles. The average molecular weight is 669 g/mol. The second kappa shape index (κ2) is 11.7. The van der Waals surface area contributed by atoms with Crippen molar-refractivity contribution >= 4 is 0 Å². The van der Waals surface area contributed by atoms with Gasteiger partial charge in [0.1, 0.15) is 11.5 Å². The molecule has 5 nitrogen and oxygen atoms in total. The number of aryl methyl sites for hydroxylation is 2. The zero-order valence-electron chi connectivity index (χ0n) is 28.7. The lowest BCUT2D eigenvalue weighted by molar-refractivity contribution is 0.437. The summed E-state index contributed by atoms with van der Waals surface area (Å²) < 4.78 is 6.95. The molecule has 1 aliphatic carbocycles. The number of ether oxygens (including phenoxy) is 1. The van der Waals surface area contributed by atoms with Crippen molar-refractivity contribution in [1.82, 2.24) is 19.9 Å². The summed E-state index contributed by atoms with van der Waals surface area (Å²) in [6.07, 6.45) is 0. The van der Waals surface area contributed by atoms with E-state index in [4.69, 9.17) is 19.7 Å². The largest absolute Gasteiger partial charge is 0.456 e. The van der Waals surface area contributed by atoms with Crippen LogP contribution in [0.4, 0.5) is 0 Å². The van der Waals surface area contributed by atoms with E-state index < -0.39 is 5.41 Å². The van der Waals surface area contributed by atoms with Crippen molar-refractivity contribution in [3.63, 3.8) is 0 Å². The van der Waals surface area contributed by atoms with E-state index in [0.717, 1.165) is 61.8 Å². The Morgan fingerprint density at radius 1 is 0.385 bits per heavy atom. The predicted molar refractivity (Wildman–Crippen MR) is 206 cm³/mol. The molecule has 0 N–H and O–H groups in total. The molecule has 2 aromatic heterocycles. The summed E-state index contributed by atoms with van der Waals surface area (Å²) in [5.74, 6) is 3.32. The Bertz CT molecular complexity index is 2640. The molecule has 5 heteroatoms. The van der Waals surface area contributed by atoms with Crippen molar-refractivity contribution in [3.05, 3.63) is 191 Å². The minimum absolute atomic E-state index is 0.553. The lowest BCUT2D eigenvalue weighted by Gasteiger charge is -2.39. The van der Waals surface area contributed by atoms with Crippen LogP contribution in [0.2, 0.25) is 0 Å². The molecule has 2 aliphatic rings. The lowest BCUT2D eigenvalue weighted by Crippen LogP contribution is -2.32. The number of fused-ring (bicyclic) bond motifs is 9. The van der Waals surface area contributed by atoms with Gasteiger partial charge >= 0.3 is 0 Å². The summed E-state index contributed by atoms with van der Waals surface area (Å²) in [4.78, 5) is 20.0. The van der Waals surface area contributed by atoms with Gasteiger partial charge in [-0.25, -0.2) is 15.0 Å². The topological polar surface area (TPSA) is 60.8 Å². The van der Waals surface area contributed by atoms with Crippen LogP contribution in [0, 0.1) is 13.8 Å². The number of nitrogens with zero attached hydrogens (tertiary/aromatic N) is 4. The molecule has 0 fully saturated rings. The Labute approximate surface area is 302 Å². The summed E-state index contributed by atoms with van der Waals surface area (Å²) >= 11 is 0. The molecule has 1 aliphatic heterocycles. The Morgan fingerprint density at radius 3 is 1.62 bits per heavy atom. The first-order chi connectivity index (χ1) is 25.6. The highest BCUT2D eigenvalue weighted by molar-refractivity contribution is 5.90. The molecule has 6 aromatic carbocycles. The van der Waals surface area contributed by atoms with Gasteiger partial charge in [0.25, 0.3) is 0 Å². The average Bonchev–Trinajstić information content (AvgIpc) is 3.49. The van der Waals surface area contributed by atoms with E-state index in [9.17, 15) is 0 Å². The molecular weight excluding hydrogens is 637 g/mol. The van der Waals surface area contributed by atoms with E-state index in [-0.39, 0.29) is 0 Å². The first kappa shape index (κ1) is 30.1. The number of para-hydroxylation sites is 2. The molecule has 10 rings (SSSR count). The molecule has 0 amide bonds. The van der Waals surface area contributed by atoms with E-state index in [1.165, 1.54) is 22.3 Å². The van der Waals surface area contributed by atoms with Crippen molar-refractivity contribution in [2.45, 2.75) is 19.3 Å². The van der Waals surface area contributed by atoms with Crippen LogP contribution >= 0.6 is 0 Å². The van der Waals surface area contributed by atoms with Gasteiger partial charge < -0.3 is 4.74 Å². The van der Waals surface area contributed by atoms with Crippen molar-refractivity contribution < 1.29 is 4.74 Å². The summed E-state index contributed by atoms with van der Waals surface area (Å²) in [7, 11) is 0. The van der Waals surface area contributed by atoms with E-state index >= 15 is 0 Å².